The normalized spacial score (nSPS) is 14.5. The minimum Gasteiger partial charge on any atom is -0.494 e. The van der Waals surface area contributed by atoms with Crippen molar-refractivity contribution in [1.82, 2.24) is 9.80 Å². The third kappa shape index (κ3) is 14.2. The van der Waals surface area contributed by atoms with Crippen LogP contribution in [-0.2, 0) is 0 Å². The first-order valence-corrected chi connectivity index (χ1v) is 18.0. The molecule has 6 nitrogen and oxygen atoms in total. The van der Waals surface area contributed by atoms with Gasteiger partial charge in [0.05, 0.1) is 25.4 Å². The van der Waals surface area contributed by atoms with Crippen LogP contribution in [0.5, 0.6) is 11.5 Å². The minimum absolute atomic E-state index is 0.113. The van der Waals surface area contributed by atoms with E-state index in [9.17, 15) is 10.2 Å². The highest BCUT2D eigenvalue weighted by atomic mass is 35.5. The number of benzene rings is 2. The Hall–Kier alpha value is -0.960. The van der Waals surface area contributed by atoms with Gasteiger partial charge in [-0.1, -0.05) is 38.1 Å². The topological polar surface area (TPSA) is 65.4 Å². The molecule has 4 atom stereocenters. The van der Waals surface area contributed by atoms with Crippen molar-refractivity contribution in [3.05, 3.63) is 59.7 Å². The fraction of sp³-hybridized carbons (Fsp3) is 0.647. The molecule has 0 aliphatic rings. The van der Waals surface area contributed by atoms with Crippen LogP contribution in [0.15, 0.2) is 48.5 Å². The maximum atomic E-state index is 11.7. The van der Waals surface area contributed by atoms with E-state index in [1.54, 1.807) is 0 Å². The molecule has 0 saturated carbocycles. The molecule has 0 aliphatic heterocycles. The summed E-state index contributed by atoms with van der Waals surface area (Å²) in [7, 11) is 0. The smallest absolute Gasteiger partial charge is 0.119 e. The van der Waals surface area contributed by atoms with Crippen LogP contribution in [0.1, 0.15) is 62.9 Å². The molecule has 44 heavy (non-hydrogen) atoms. The predicted octanol–water partition coefficient (Wildman–Crippen LogP) is 7.60. The molecule has 2 aromatic carbocycles. The zero-order valence-corrected chi connectivity index (χ0v) is 29.4. The molecule has 0 saturated heterocycles. The van der Waals surface area contributed by atoms with Gasteiger partial charge in [0.15, 0.2) is 0 Å². The average molecular weight is 695 g/mol. The van der Waals surface area contributed by atoms with E-state index < -0.39 is 12.2 Å². The van der Waals surface area contributed by atoms with Crippen molar-refractivity contribution in [2.45, 2.75) is 51.7 Å². The van der Waals surface area contributed by atoms with Gasteiger partial charge in [0, 0.05) is 74.6 Å². The lowest BCUT2D eigenvalue weighted by Crippen LogP contribution is -2.37. The maximum Gasteiger partial charge on any atom is 0.119 e. The van der Waals surface area contributed by atoms with Gasteiger partial charge < -0.3 is 29.5 Å². The third-order valence-electron chi connectivity index (χ3n) is 7.78. The van der Waals surface area contributed by atoms with E-state index in [-0.39, 0.29) is 11.8 Å². The van der Waals surface area contributed by atoms with Crippen molar-refractivity contribution in [2.24, 2.45) is 11.8 Å². The fourth-order valence-electron chi connectivity index (χ4n) is 5.36. The van der Waals surface area contributed by atoms with E-state index in [0.29, 0.717) is 88.8 Å². The molecule has 0 radical (unpaired) electrons. The quantitative estimate of drug-likeness (QED) is 0.104. The van der Waals surface area contributed by atoms with E-state index in [1.807, 2.05) is 48.5 Å². The second-order valence-electron chi connectivity index (χ2n) is 11.2. The van der Waals surface area contributed by atoms with Crippen molar-refractivity contribution < 1.29 is 19.7 Å². The first kappa shape index (κ1) is 39.2. The molecule has 0 aromatic heterocycles. The van der Waals surface area contributed by atoms with Gasteiger partial charge in [0.25, 0.3) is 0 Å². The average Bonchev–Trinajstić information content (AvgIpc) is 3.04. The molecule has 0 heterocycles. The molecule has 250 valence electrons. The fourth-order valence-corrected chi connectivity index (χ4v) is 6.32. The molecule has 2 rings (SSSR count). The van der Waals surface area contributed by atoms with E-state index in [1.165, 1.54) is 0 Å². The molecule has 10 heteroatoms. The van der Waals surface area contributed by atoms with Crippen LogP contribution >= 0.6 is 46.4 Å². The van der Waals surface area contributed by atoms with Crippen LogP contribution in [-0.4, -0.2) is 96.0 Å². The summed E-state index contributed by atoms with van der Waals surface area (Å²) < 4.78 is 11.5. The predicted molar refractivity (Wildman–Crippen MR) is 186 cm³/mol. The van der Waals surface area contributed by atoms with Gasteiger partial charge in [-0.05, 0) is 61.1 Å². The maximum absolute atomic E-state index is 11.7. The Morgan fingerprint density at radius 3 is 1.16 bits per heavy atom. The Labute approximate surface area is 285 Å². The summed E-state index contributed by atoms with van der Waals surface area (Å²) in [6.45, 7) is 9.43. The summed E-state index contributed by atoms with van der Waals surface area (Å²) in [6.07, 6.45) is 1.81. The van der Waals surface area contributed by atoms with E-state index >= 15 is 0 Å². The molecule has 2 N–H and O–H groups in total. The molecule has 0 fully saturated rings. The Balaban J connectivity index is 2.32. The molecular formula is C34H52Cl4N2O4. The number of hydrogen-bond acceptors (Lipinski definition) is 6. The first-order chi connectivity index (χ1) is 21.4. The third-order valence-corrected chi connectivity index (χ3v) is 8.45. The van der Waals surface area contributed by atoms with Crippen LogP contribution in [0.25, 0.3) is 0 Å². The number of alkyl halides is 4. The van der Waals surface area contributed by atoms with E-state index in [2.05, 4.69) is 23.6 Å². The van der Waals surface area contributed by atoms with Crippen LogP contribution in [0.2, 0.25) is 0 Å². The number of ether oxygens (including phenoxy) is 2. The van der Waals surface area contributed by atoms with Gasteiger partial charge in [0.2, 0.25) is 0 Å². The highest BCUT2D eigenvalue weighted by Gasteiger charge is 2.29. The van der Waals surface area contributed by atoms with Crippen LogP contribution < -0.4 is 9.47 Å². The summed E-state index contributed by atoms with van der Waals surface area (Å²) in [6, 6.07) is 15.4. The lowest BCUT2D eigenvalue weighted by molar-refractivity contribution is 0.0469. The lowest BCUT2D eigenvalue weighted by Gasteiger charge is -2.34. The summed E-state index contributed by atoms with van der Waals surface area (Å²) in [5.74, 6) is 3.28. The SMILES string of the molecule is CCCOc1ccc([C@@H](O)[C@@H](CC[C@@H](CN(CCCl)CCCl)[C@@H](O)c2ccc(OCCC)cc2)CN(CCCl)CCCl)cc1. The standard InChI is InChI=1S/C34H52Cl4N2O4/c1-3-23-43-31-11-7-27(8-12-31)33(41)29(25-39(19-15-35)20-16-36)5-6-30(26-40(21-17-37)22-18-38)34(42)28-9-13-32(14-10-28)44-24-4-2/h7-14,29-30,33-34,41-42H,3-6,15-26H2,1-2H3/t29-,30-,33-,34+/m0/s1. The van der Waals surface area contributed by atoms with Gasteiger partial charge in [0.1, 0.15) is 11.5 Å². The number of hydrogen-bond donors (Lipinski definition) is 2. The van der Waals surface area contributed by atoms with Gasteiger partial charge in [-0.3, -0.25) is 0 Å². The van der Waals surface area contributed by atoms with E-state index in [0.717, 1.165) is 35.5 Å². The number of halogens is 4. The van der Waals surface area contributed by atoms with Crippen molar-refractivity contribution in [3.63, 3.8) is 0 Å². The van der Waals surface area contributed by atoms with Gasteiger partial charge in [-0.15, -0.1) is 46.4 Å². The number of aliphatic hydroxyl groups excluding tert-OH is 2. The molecule has 0 bridgehead atoms. The van der Waals surface area contributed by atoms with Gasteiger partial charge in [-0.25, -0.2) is 0 Å². The van der Waals surface area contributed by atoms with Crippen LogP contribution in [0, 0.1) is 11.8 Å². The van der Waals surface area contributed by atoms with E-state index in [4.69, 9.17) is 55.9 Å². The first-order valence-electron chi connectivity index (χ1n) is 15.9. The molecule has 0 unspecified atom stereocenters. The zero-order valence-electron chi connectivity index (χ0n) is 26.4. The summed E-state index contributed by atoms with van der Waals surface area (Å²) in [5, 5.41) is 23.4. The summed E-state index contributed by atoms with van der Waals surface area (Å²) in [4.78, 5) is 4.42. The van der Waals surface area contributed by atoms with Gasteiger partial charge >= 0.3 is 0 Å². The van der Waals surface area contributed by atoms with Crippen molar-refractivity contribution in [1.29, 1.82) is 0 Å². The number of rotatable bonds is 25. The number of aliphatic hydroxyl groups is 2. The highest BCUT2D eigenvalue weighted by molar-refractivity contribution is 6.18. The monoisotopic (exact) mass is 692 g/mol. The van der Waals surface area contributed by atoms with Crippen molar-refractivity contribution >= 4 is 46.4 Å². The Bertz CT molecular complexity index is 895. The second kappa shape index (κ2) is 23.4. The zero-order chi connectivity index (χ0) is 32.2. The Morgan fingerprint density at radius 1 is 0.568 bits per heavy atom. The van der Waals surface area contributed by atoms with Crippen molar-refractivity contribution in [3.8, 4) is 11.5 Å². The Kier molecular flexibility index (Phi) is 20.8. The summed E-state index contributed by atoms with van der Waals surface area (Å²) >= 11 is 24.5. The Morgan fingerprint density at radius 2 is 0.886 bits per heavy atom. The van der Waals surface area contributed by atoms with Crippen molar-refractivity contribution in [2.75, 3.05) is 76.0 Å². The highest BCUT2D eigenvalue weighted by Crippen LogP contribution is 2.34. The molecule has 2 aromatic rings. The molecule has 0 spiro atoms. The number of nitrogens with zero attached hydrogens (tertiary/aromatic N) is 2. The second-order valence-corrected chi connectivity index (χ2v) is 12.7. The molecule has 0 aliphatic carbocycles. The largest absolute Gasteiger partial charge is 0.494 e. The summed E-state index contributed by atoms with van der Waals surface area (Å²) in [5.41, 5.74) is 1.67. The van der Waals surface area contributed by atoms with Crippen LogP contribution in [0.4, 0.5) is 0 Å². The van der Waals surface area contributed by atoms with Gasteiger partial charge in [-0.2, -0.15) is 0 Å². The van der Waals surface area contributed by atoms with Crippen LogP contribution in [0.3, 0.4) is 0 Å². The molecule has 0 amide bonds. The molecular weight excluding hydrogens is 642 g/mol. The minimum atomic E-state index is -0.710. The lowest BCUT2D eigenvalue weighted by atomic mass is 9.84.